The predicted octanol–water partition coefficient (Wildman–Crippen LogP) is 4.54. The van der Waals surface area contributed by atoms with Gasteiger partial charge in [0.05, 0.1) is 12.2 Å². The lowest BCUT2D eigenvalue weighted by Crippen LogP contribution is -2.01. The van der Waals surface area contributed by atoms with Crippen LogP contribution in [0.1, 0.15) is 34.3 Å². The maximum atomic E-state index is 10.9. The summed E-state index contributed by atoms with van der Waals surface area (Å²) in [5.41, 5.74) is 3.13. The number of hydrogen-bond acceptors (Lipinski definition) is 2. The molecule has 2 heteroatoms. The van der Waals surface area contributed by atoms with Crippen LogP contribution in [-0.4, -0.2) is 12.9 Å². The van der Waals surface area contributed by atoms with E-state index in [1.807, 2.05) is 30.3 Å². The molecule has 0 atom stereocenters. The molecular formula is C19H20O2. The highest BCUT2D eigenvalue weighted by molar-refractivity contribution is 5.79. The summed E-state index contributed by atoms with van der Waals surface area (Å²) in [7, 11) is 0. The minimum Gasteiger partial charge on any atom is -0.493 e. The van der Waals surface area contributed by atoms with E-state index in [9.17, 15) is 4.79 Å². The number of hydrogen-bond donors (Lipinski definition) is 0. The average Bonchev–Trinajstić information content (AvgIpc) is 2.55. The van der Waals surface area contributed by atoms with Gasteiger partial charge in [0, 0.05) is 0 Å². The maximum absolute atomic E-state index is 10.9. The van der Waals surface area contributed by atoms with Gasteiger partial charge in [-0.1, -0.05) is 49.1 Å². The first-order valence-corrected chi connectivity index (χ1v) is 7.22. The molecule has 0 aliphatic rings. The number of carbonyl (C=O) groups excluding carboxylic acids is 1. The summed E-state index contributed by atoms with van der Waals surface area (Å²) in [6.45, 7) is 4.46. The summed E-state index contributed by atoms with van der Waals surface area (Å²) in [5, 5.41) is 0. The number of para-hydroxylation sites is 1. The zero-order valence-electron chi connectivity index (χ0n) is 12.1. The summed E-state index contributed by atoms with van der Waals surface area (Å²) in [6.07, 6.45) is 5.75. The number of ether oxygens (including phenoxy) is 1. The normalized spacial score (nSPS) is 10.1. The molecule has 0 saturated carbocycles. The highest BCUT2D eigenvalue weighted by atomic mass is 16.5. The molecular weight excluding hydrogens is 260 g/mol. The second kappa shape index (κ2) is 8.05. The van der Waals surface area contributed by atoms with Crippen molar-refractivity contribution in [3.63, 3.8) is 0 Å². The van der Waals surface area contributed by atoms with Crippen molar-refractivity contribution in [2.75, 3.05) is 6.61 Å². The van der Waals surface area contributed by atoms with Crippen LogP contribution in [0.3, 0.4) is 0 Å². The SMILES string of the molecule is C=Cc1ccccc1CCCCOc1ccccc1C=O. The molecule has 2 aromatic rings. The highest BCUT2D eigenvalue weighted by Crippen LogP contribution is 2.17. The molecule has 0 spiro atoms. The Balaban J connectivity index is 1.77. The van der Waals surface area contributed by atoms with Crippen molar-refractivity contribution in [3.05, 3.63) is 71.8 Å². The Morgan fingerprint density at radius 3 is 2.43 bits per heavy atom. The topological polar surface area (TPSA) is 26.3 Å². The van der Waals surface area contributed by atoms with Crippen LogP contribution in [0.5, 0.6) is 5.75 Å². The summed E-state index contributed by atoms with van der Waals surface area (Å²) < 4.78 is 5.67. The molecule has 21 heavy (non-hydrogen) atoms. The molecule has 0 unspecified atom stereocenters. The number of rotatable bonds is 8. The van der Waals surface area contributed by atoms with Crippen LogP contribution in [-0.2, 0) is 6.42 Å². The van der Waals surface area contributed by atoms with Crippen molar-refractivity contribution < 1.29 is 9.53 Å². The predicted molar refractivity (Wildman–Crippen MR) is 86.8 cm³/mol. The fraction of sp³-hybridized carbons (Fsp3) is 0.211. The van der Waals surface area contributed by atoms with Gasteiger partial charge < -0.3 is 4.74 Å². The monoisotopic (exact) mass is 280 g/mol. The Morgan fingerprint density at radius 1 is 0.952 bits per heavy atom. The molecule has 0 saturated heterocycles. The van der Waals surface area contributed by atoms with Crippen LogP contribution >= 0.6 is 0 Å². The first-order valence-electron chi connectivity index (χ1n) is 7.22. The molecule has 0 N–H and O–H groups in total. The molecule has 2 nitrogen and oxygen atoms in total. The third-order valence-corrected chi connectivity index (χ3v) is 3.42. The second-order valence-electron chi connectivity index (χ2n) is 4.86. The Morgan fingerprint density at radius 2 is 1.67 bits per heavy atom. The van der Waals surface area contributed by atoms with E-state index in [1.165, 1.54) is 11.1 Å². The average molecular weight is 280 g/mol. The molecule has 0 bridgehead atoms. The molecule has 0 amide bonds. The molecule has 0 aliphatic carbocycles. The Hall–Kier alpha value is -2.35. The lowest BCUT2D eigenvalue weighted by Gasteiger charge is -2.09. The molecule has 0 fully saturated rings. The third-order valence-electron chi connectivity index (χ3n) is 3.42. The van der Waals surface area contributed by atoms with Gasteiger partial charge in [-0.15, -0.1) is 0 Å². The van der Waals surface area contributed by atoms with Gasteiger partial charge in [0.1, 0.15) is 5.75 Å². The van der Waals surface area contributed by atoms with E-state index >= 15 is 0 Å². The van der Waals surface area contributed by atoms with Crippen molar-refractivity contribution >= 4 is 12.4 Å². The molecule has 0 heterocycles. The van der Waals surface area contributed by atoms with Gasteiger partial charge in [-0.2, -0.15) is 0 Å². The second-order valence-corrected chi connectivity index (χ2v) is 4.86. The summed E-state index contributed by atoms with van der Waals surface area (Å²) in [4.78, 5) is 10.9. The van der Waals surface area contributed by atoms with Gasteiger partial charge in [-0.25, -0.2) is 0 Å². The van der Waals surface area contributed by atoms with E-state index in [-0.39, 0.29) is 0 Å². The fourth-order valence-electron chi connectivity index (χ4n) is 2.27. The quantitative estimate of drug-likeness (QED) is 0.524. The highest BCUT2D eigenvalue weighted by Gasteiger charge is 2.02. The summed E-state index contributed by atoms with van der Waals surface area (Å²) in [5.74, 6) is 0.666. The summed E-state index contributed by atoms with van der Waals surface area (Å²) in [6, 6.07) is 15.6. The molecule has 0 aromatic heterocycles. The van der Waals surface area contributed by atoms with Crippen molar-refractivity contribution in [1.29, 1.82) is 0 Å². The van der Waals surface area contributed by atoms with Gasteiger partial charge in [0.25, 0.3) is 0 Å². The van der Waals surface area contributed by atoms with Crippen LogP contribution in [0, 0.1) is 0 Å². The molecule has 108 valence electrons. The van der Waals surface area contributed by atoms with Gasteiger partial charge >= 0.3 is 0 Å². The van der Waals surface area contributed by atoms with Crippen molar-refractivity contribution in [2.45, 2.75) is 19.3 Å². The Labute approximate surface area is 126 Å². The van der Waals surface area contributed by atoms with Gasteiger partial charge in [0.2, 0.25) is 0 Å². The zero-order valence-corrected chi connectivity index (χ0v) is 12.1. The van der Waals surface area contributed by atoms with Crippen molar-refractivity contribution in [1.82, 2.24) is 0 Å². The molecule has 2 aromatic carbocycles. The van der Waals surface area contributed by atoms with Crippen LogP contribution < -0.4 is 4.74 Å². The fourth-order valence-corrected chi connectivity index (χ4v) is 2.27. The smallest absolute Gasteiger partial charge is 0.153 e. The Bertz CT molecular complexity index is 549. The van der Waals surface area contributed by atoms with Crippen LogP contribution in [0.4, 0.5) is 0 Å². The standard InChI is InChI=1S/C19H20O2/c1-2-16-9-3-4-10-17(16)11-7-8-14-21-19-13-6-5-12-18(19)15-20/h2-6,9-10,12-13,15H,1,7-8,11,14H2. The number of benzene rings is 2. The van der Waals surface area contributed by atoms with Crippen LogP contribution in [0.15, 0.2) is 55.1 Å². The van der Waals surface area contributed by atoms with Crippen molar-refractivity contribution in [3.8, 4) is 5.75 Å². The van der Waals surface area contributed by atoms with Gasteiger partial charge in [-0.05, 0) is 42.5 Å². The lowest BCUT2D eigenvalue weighted by atomic mass is 10.0. The van der Waals surface area contributed by atoms with Gasteiger partial charge in [0.15, 0.2) is 6.29 Å². The van der Waals surface area contributed by atoms with E-state index in [2.05, 4.69) is 24.8 Å². The molecule has 0 aliphatic heterocycles. The third kappa shape index (κ3) is 4.32. The summed E-state index contributed by atoms with van der Waals surface area (Å²) >= 11 is 0. The minimum absolute atomic E-state index is 0.606. The van der Waals surface area contributed by atoms with E-state index in [4.69, 9.17) is 4.74 Å². The van der Waals surface area contributed by atoms with Crippen LogP contribution in [0.2, 0.25) is 0 Å². The largest absolute Gasteiger partial charge is 0.493 e. The number of aldehydes is 1. The number of aryl methyl sites for hydroxylation is 1. The molecule has 2 rings (SSSR count). The van der Waals surface area contributed by atoms with Crippen molar-refractivity contribution in [2.24, 2.45) is 0 Å². The van der Waals surface area contributed by atoms with E-state index in [0.29, 0.717) is 17.9 Å². The number of unbranched alkanes of at least 4 members (excludes halogenated alkanes) is 1. The Kier molecular flexibility index (Phi) is 5.77. The number of carbonyl (C=O) groups is 1. The van der Waals surface area contributed by atoms with E-state index in [0.717, 1.165) is 25.5 Å². The van der Waals surface area contributed by atoms with E-state index < -0.39 is 0 Å². The molecule has 0 radical (unpaired) electrons. The minimum atomic E-state index is 0.606. The first-order chi connectivity index (χ1) is 10.3. The lowest BCUT2D eigenvalue weighted by molar-refractivity contribution is 0.111. The zero-order chi connectivity index (χ0) is 14.9. The van der Waals surface area contributed by atoms with E-state index in [1.54, 1.807) is 6.07 Å². The van der Waals surface area contributed by atoms with Gasteiger partial charge in [-0.3, -0.25) is 4.79 Å². The van der Waals surface area contributed by atoms with Crippen LogP contribution in [0.25, 0.3) is 6.08 Å². The first kappa shape index (κ1) is 15.0. The maximum Gasteiger partial charge on any atom is 0.153 e.